The highest BCUT2D eigenvalue weighted by molar-refractivity contribution is 7.71. The fourth-order valence-corrected chi connectivity index (χ4v) is 2.59. The molecule has 0 aliphatic heterocycles. The topological polar surface area (TPSA) is 33.6 Å². The number of aryl methyl sites for hydroxylation is 2. The number of fused-ring (bicyclic) bond motifs is 1. The van der Waals surface area contributed by atoms with Crippen molar-refractivity contribution in [2.24, 2.45) is 5.92 Å². The molecule has 0 atom stereocenters. The number of pyridine rings is 1. The van der Waals surface area contributed by atoms with Crippen LogP contribution in [0.2, 0.25) is 0 Å². The highest BCUT2D eigenvalue weighted by Gasteiger charge is 2.20. The molecule has 0 radical (unpaired) electrons. The van der Waals surface area contributed by atoms with Crippen LogP contribution >= 0.6 is 12.2 Å². The zero-order valence-corrected chi connectivity index (χ0v) is 10.9. The predicted molar refractivity (Wildman–Crippen MR) is 71.6 cm³/mol. The van der Waals surface area contributed by atoms with Crippen molar-refractivity contribution in [3.8, 4) is 0 Å². The minimum atomic E-state index is 0.800. The molecule has 90 valence electrons. The van der Waals surface area contributed by atoms with Crippen LogP contribution in [0.25, 0.3) is 11.2 Å². The van der Waals surface area contributed by atoms with Gasteiger partial charge in [-0.05, 0) is 49.5 Å². The highest BCUT2D eigenvalue weighted by Crippen LogP contribution is 2.33. The van der Waals surface area contributed by atoms with Gasteiger partial charge in [-0.3, -0.25) is 0 Å². The van der Waals surface area contributed by atoms with Crippen molar-refractivity contribution in [3.05, 3.63) is 22.6 Å². The van der Waals surface area contributed by atoms with Crippen molar-refractivity contribution in [2.75, 3.05) is 0 Å². The molecule has 0 spiro atoms. The number of aromatic nitrogens is 3. The predicted octanol–water partition coefficient (Wildman–Crippen LogP) is 3.59. The maximum absolute atomic E-state index is 5.36. The van der Waals surface area contributed by atoms with Crippen molar-refractivity contribution in [1.29, 1.82) is 0 Å². The van der Waals surface area contributed by atoms with Gasteiger partial charge in [0.1, 0.15) is 0 Å². The summed E-state index contributed by atoms with van der Waals surface area (Å²) in [6.45, 7) is 3.04. The largest absolute Gasteiger partial charge is 0.329 e. The Morgan fingerprint density at radius 1 is 1.53 bits per heavy atom. The summed E-state index contributed by atoms with van der Waals surface area (Å²) >= 11 is 5.36. The van der Waals surface area contributed by atoms with Crippen LogP contribution in [0, 0.1) is 17.6 Å². The monoisotopic (exact) mass is 247 g/mol. The average Bonchev–Trinajstić information content (AvgIpc) is 3.04. The van der Waals surface area contributed by atoms with E-state index in [0.29, 0.717) is 0 Å². The molecule has 1 aliphatic rings. The van der Waals surface area contributed by atoms with Crippen LogP contribution in [0.3, 0.4) is 0 Å². The highest BCUT2D eigenvalue weighted by atomic mass is 32.1. The summed E-state index contributed by atoms with van der Waals surface area (Å²) in [7, 11) is 0. The molecule has 1 N–H and O–H groups in total. The van der Waals surface area contributed by atoms with Crippen molar-refractivity contribution < 1.29 is 0 Å². The van der Waals surface area contributed by atoms with Crippen molar-refractivity contribution in [3.63, 3.8) is 0 Å². The molecular formula is C13H17N3S. The smallest absolute Gasteiger partial charge is 0.179 e. The summed E-state index contributed by atoms with van der Waals surface area (Å²) in [6.07, 6.45) is 7.30. The van der Waals surface area contributed by atoms with Crippen molar-refractivity contribution >= 4 is 23.4 Å². The van der Waals surface area contributed by atoms with Gasteiger partial charge in [0.05, 0.1) is 5.52 Å². The summed E-state index contributed by atoms with van der Waals surface area (Å²) < 4.78 is 2.93. The van der Waals surface area contributed by atoms with Gasteiger partial charge in [0, 0.05) is 12.7 Å². The SMILES string of the molecule is Cc1cnc2c(c1)[nH]c(=S)n2CCCC1CC1. The van der Waals surface area contributed by atoms with Crippen LogP contribution in [0.15, 0.2) is 12.3 Å². The molecule has 3 nitrogen and oxygen atoms in total. The molecular weight excluding hydrogens is 230 g/mol. The van der Waals surface area contributed by atoms with E-state index in [0.717, 1.165) is 28.4 Å². The molecule has 0 aromatic carbocycles. The number of nitrogens with zero attached hydrogens (tertiary/aromatic N) is 2. The van der Waals surface area contributed by atoms with Crippen LogP contribution in [0.1, 0.15) is 31.2 Å². The van der Waals surface area contributed by atoms with E-state index in [2.05, 4.69) is 20.6 Å². The van der Waals surface area contributed by atoms with E-state index in [-0.39, 0.29) is 0 Å². The first kappa shape index (κ1) is 11.0. The second-order valence-electron chi connectivity index (χ2n) is 5.05. The molecule has 0 amide bonds. The van der Waals surface area contributed by atoms with Crippen LogP contribution in [-0.4, -0.2) is 14.5 Å². The van der Waals surface area contributed by atoms with E-state index in [4.69, 9.17) is 12.2 Å². The molecule has 1 aliphatic carbocycles. The summed E-state index contributed by atoms with van der Waals surface area (Å²) in [6, 6.07) is 2.11. The van der Waals surface area contributed by atoms with Crippen LogP contribution in [-0.2, 0) is 6.54 Å². The maximum atomic E-state index is 5.36. The first-order valence-corrected chi connectivity index (χ1v) is 6.70. The Labute approximate surface area is 106 Å². The first-order chi connectivity index (χ1) is 8.24. The minimum absolute atomic E-state index is 0.800. The van der Waals surface area contributed by atoms with Crippen LogP contribution in [0.5, 0.6) is 0 Å². The standard InChI is InChI=1S/C13H17N3S/c1-9-7-11-12(14-8-9)16(13(17)15-11)6-2-3-10-4-5-10/h7-8,10H,2-6H2,1H3,(H,15,17). The van der Waals surface area contributed by atoms with Gasteiger partial charge in [-0.2, -0.15) is 0 Å². The zero-order valence-electron chi connectivity index (χ0n) is 10.1. The Bertz CT molecular complexity index is 592. The molecule has 17 heavy (non-hydrogen) atoms. The average molecular weight is 247 g/mol. The molecule has 2 aromatic heterocycles. The van der Waals surface area contributed by atoms with Crippen LogP contribution < -0.4 is 0 Å². The molecule has 2 heterocycles. The number of H-pyrrole nitrogens is 1. The lowest BCUT2D eigenvalue weighted by molar-refractivity contribution is 0.580. The summed E-state index contributed by atoms with van der Waals surface area (Å²) in [5, 5.41) is 0. The first-order valence-electron chi connectivity index (χ1n) is 6.29. The number of imidazole rings is 1. The van der Waals surface area contributed by atoms with Gasteiger partial charge in [0.15, 0.2) is 10.4 Å². The van der Waals surface area contributed by atoms with E-state index in [1.54, 1.807) is 0 Å². The maximum Gasteiger partial charge on any atom is 0.179 e. The zero-order chi connectivity index (χ0) is 11.8. The van der Waals surface area contributed by atoms with Gasteiger partial charge in [0.25, 0.3) is 0 Å². The third-order valence-corrected chi connectivity index (χ3v) is 3.76. The van der Waals surface area contributed by atoms with Gasteiger partial charge >= 0.3 is 0 Å². The van der Waals surface area contributed by atoms with E-state index < -0.39 is 0 Å². The molecule has 0 bridgehead atoms. The molecule has 0 saturated heterocycles. The van der Waals surface area contributed by atoms with Gasteiger partial charge in [0.2, 0.25) is 0 Å². The lowest BCUT2D eigenvalue weighted by Crippen LogP contribution is -1.99. The van der Waals surface area contributed by atoms with Crippen molar-refractivity contribution in [2.45, 2.75) is 39.2 Å². The number of nitrogens with one attached hydrogen (secondary N) is 1. The molecule has 1 saturated carbocycles. The fourth-order valence-electron chi connectivity index (χ4n) is 2.30. The minimum Gasteiger partial charge on any atom is -0.329 e. The number of hydrogen-bond donors (Lipinski definition) is 1. The normalized spacial score (nSPS) is 15.6. The van der Waals surface area contributed by atoms with Gasteiger partial charge in [-0.15, -0.1) is 0 Å². The van der Waals surface area contributed by atoms with E-state index in [1.165, 1.54) is 31.2 Å². The van der Waals surface area contributed by atoms with Crippen molar-refractivity contribution in [1.82, 2.24) is 14.5 Å². The quantitative estimate of drug-likeness (QED) is 0.838. The molecule has 2 aromatic rings. The second-order valence-corrected chi connectivity index (χ2v) is 5.44. The lowest BCUT2D eigenvalue weighted by atomic mass is 10.2. The number of hydrogen-bond acceptors (Lipinski definition) is 2. The van der Waals surface area contributed by atoms with Crippen LogP contribution in [0.4, 0.5) is 0 Å². The number of rotatable bonds is 4. The Hall–Kier alpha value is -1.16. The molecule has 4 heteroatoms. The summed E-state index contributed by atoms with van der Waals surface area (Å²) in [4.78, 5) is 7.72. The van der Waals surface area contributed by atoms with Gasteiger partial charge < -0.3 is 9.55 Å². The molecule has 3 rings (SSSR count). The van der Waals surface area contributed by atoms with Gasteiger partial charge in [-0.1, -0.05) is 12.8 Å². The van der Waals surface area contributed by atoms with E-state index in [9.17, 15) is 0 Å². The summed E-state index contributed by atoms with van der Waals surface area (Å²) in [5.41, 5.74) is 3.22. The Morgan fingerprint density at radius 2 is 2.35 bits per heavy atom. The van der Waals surface area contributed by atoms with Gasteiger partial charge in [-0.25, -0.2) is 4.98 Å². The third-order valence-electron chi connectivity index (χ3n) is 3.44. The lowest BCUT2D eigenvalue weighted by Gasteiger charge is -2.03. The second kappa shape index (κ2) is 4.26. The van der Waals surface area contributed by atoms with E-state index in [1.807, 2.05) is 13.1 Å². The fraction of sp³-hybridized carbons (Fsp3) is 0.538. The Kier molecular flexibility index (Phi) is 2.74. The molecule has 1 fully saturated rings. The number of aromatic amines is 1. The Balaban J connectivity index is 1.86. The summed E-state index contributed by atoms with van der Waals surface area (Å²) in [5.74, 6) is 0.990. The Morgan fingerprint density at radius 3 is 3.12 bits per heavy atom. The molecule has 0 unspecified atom stereocenters. The van der Waals surface area contributed by atoms with E-state index >= 15 is 0 Å². The third kappa shape index (κ3) is 2.27.